The second kappa shape index (κ2) is 8.98. The lowest BCUT2D eigenvalue weighted by atomic mass is 9.93. The quantitative estimate of drug-likeness (QED) is 0.840. The molecule has 1 unspecified atom stereocenters. The van der Waals surface area contributed by atoms with Crippen LogP contribution in [0.2, 0.25) is 0 Å². The van der Waals surface area contributed by atoms with Crippen LogP contribution in [0, 0.1) is 11.8 Å². The summed E-state index contributed by atoms with van der Waals surface area (Å²) in [5.41, 5.74) is 1.43. The molecule has 1 atom stereocenters. The van der Waals surface area contributed by atoms with E-state index in [1.54, 1.807) is 6.20 Å². The second-order valence-corrected chi connectivity index (χ2v) is 8.64. The van der Waals surface area contributed by atoms with E-state index in [9.17, 15) is 9.59 Å². The minimum Gasteiger partial charge on any atom is -0.357 e. The van der Waals surface area contributed by atoms with Crippen LogP contribution in [-0.4, -0.2) is 51.9 Å². The Bertz CT molecular complexity index is 931. The van der Waals surface area contributed by atoms with Crippen molar-refractivity contribution >= 4 is 11.7 Å². The molecule has 1 amide bonds. The van der Waals surface area contributed by atoms with Crippen LogP contribution < -0.4 is 10.5 Å². The SMILES string of the molecule is CCc1cc(=O)[nH]c(-c2ccc(N3CCC(C(=O)N4CCCC(C)C4)CC3)nc2)n1. The molecule has 2 aliphatic heterocycles. The van der Waals surface area contributed by atoms with E-state index >= 15 is 0 Å². The molecule has 1 N–H and O–H groups in total. The molecule has 0 radical (unpaired) electrons. The van der Waals surface area contributed by atoms with Crippen molar-refractivity contribution in [2.45, 2.75) is 46.0 Å². The van der Waals surface area contributed by atoms with E-state index in [4.69, 9.17) is 0 Å². The molecule has 0 bridgehead atoms. The standard InChI is InChI=1S/C23H31N5O2/c1-3-19-13-21(29)26-22(25-19)18-6-7-20(24-14-18)27-11-8-17(9-12-27)23(30)28-10-4-5-16(2)15-28/h6-7,13-14,16-17H,3-5,8-12,15H2,1-2H3,(H,25,26,29). The van der Waals surface area contributed by atoms with Gasteiger partial charge in [-0.2, -0.15) is 0 Å². The lowest BCUT2D eigenvalue weighted by molar-refractivity contribution is -0.137. The van der Waals surface area contributed by atoms with E-state index < -0.39 is 0 Å². The summed E-state index contributed by atoms with van der Waals surface area (Å²) >= 11 is 0. The van der Waals surface area contributed by atoms with Gasteiger partial charge in [0.15, 0.2) is 0 Å². The largest absolute Gasteiger partial charge is 0.357 e. The molecule has 2 fully saturated rings. The molecular formula is C23H31N5O2. The fraction of sp³-hybridized carbons (Fsp3) is 0.565. The van der Waals surface area contributed by atoms with Crippen LogP contribution in [0.25, 0.3) is 11.4 Å². The van der Waals surface area contributed by atoms with Crippen molar-refractivity contribution in [3.63, 3.8) is 0 Å². The molecule has 2 aliphatic rings. The monoisotopic (exact) mass is 409 g/mol. The van der Waals surface area contributed by atoms with E-state index in [0.29, 0.717) is 24.1 Å². The third-order valence-electron chi connectivity index (χ3n) is 6.32. The number of rotatable bonds is 4. The number of carbonyl (C=O) groups is 1. The van der Waals surface area contributed by atoms with Crippen molar-refractivity contribution < 1.29 is 4.79 Å². The van der Waals surface area contributed by atoms with Crippen molar-refractivity contribution in [1.82, 2.24) is 19.9 Å². The third kappa shape index (κ3) is 4.55. The summed E-state index contributed by atoms with van der Waals surface area (Å²) in [5.74, 6) is 2.56. The first kappa shape index (κ1) is 20.6. The average molecular weight is 410 g/mol. The van der Waals surface area contributed by atoms with Crippen molar-refractivity contribution in [2.75, 3.05) is 31.1 Å². The molecule has 160 valence electrons. The molecule has 0 aliphatic carbocycles. The zero-order valence-corrected chi connectivity index (χ0v) is 17.9. The number of nitrogens with zero attached hydrogens (tertiary/aromatic N) is 4. The van der Waals surface area contributed by atoms with E-state index in [2.05, 4.69) is 31.7 Å². The number of H-pyrrole nitrogens is 1. The minimum atomic E-state index is -0.143. The number of likely N-dealkylation sites (tertiary alicyclic amines) is 1. The Balaban J connectivity index is 1.38. The van der Waals surface area contributed by atoms with Gasteiger partial charge in [0, 0.05) is 55.6 Å². The first-order chi connectivity index (χ1) is 14.5. The van der Waals surface area contributed by atoms with E-state index in [1.807, 2.05) is 19.1 Å². The third-order valence-corrected chi connectivity index (χ3v) is 6.32. The number of aromatic amines is 1. The maximum absolute atomic E-state index is 12.9. The number of anilines is 1. The number of nitrogens with one attached hydrogen (secondary N) is 1. The number of hydrogen-bond acceptors (Lipinski definition) is 5. The highest BCUT2D eigenvalue weighted by Crippen LogP contribution is 2.26. The molecule has 0 spiro atoms. The Kier molecular flexibility index (Phi) is 6.16. The summed E-state index contributed by atoms with van der Waals surface area (Å²) in [6, 6.07) is 5.45. The predicted molar refractivity (Wildman–Crippen MR) is 117 cm³/mol. The molecule has 4 heterocycles. The zero-order chi connectivity index (χ0) is 21.1. The van der Waals surface area contributed by atoms with Gasteiger partial charge in [-0.25, -0.2) is 9.97 Å². The summed E-state index contributed by atoms with van der Waals surface area (Å²) < 4.78 is 0. The zero-order valence-electron chi connectivity index (χ0n) is 17.9. The summed E-state index contributed by atoms with van der Waals surface area (Å²) in [6.07, 6.45) is 6.59. The maximum Gasteiger partial charge on any atom is 0.251 e. The van der Waals surface area contributed by atoms with Gasteiger partial charge in [-0.05, 0) is 50.2 Å². The number of pyridine rings is 1. The number of piperidine rings is 2. The summed E-state index contributed by atoms with van der Waals surface area (Å²) in [5, 5.41) is 0. The highest BCUT2D eigenvalue weighted by molar-refractivity contribution is 5.79. The molecule has 4 rings (SSSR count). The van der Waals surface area contributed by atoms with Crippen LogP contribution in [0.15, 0.2) is 29.2 Å². The topological polar surface area (TPSA) is 82.2 Å². The van der Waals surface area contributed by atoms with E-state index in [0.717, 1.165) is 62.5 Å². The Morgan fingerprint density at radius 3 is 2.67 bits per heavy atom. The fourth-order valence-electron chi connectivity index (χ4n) is 4.54. The van der Waals surface area contributed by atoms with E-state index in [-0.39, 0.29) is 11.5 Å². The van der Waals surface area contributed by atoms with Gasteiger partial charge < -0.3 is 14.8 Å². The molecule has 7 nitrogen and oxygen atoms in total. The average Bonchev–Trinajstić information content (AvgIpc) is 2.78. The highest BCUT2D eigenvalue weighted by atomic mass is 16.2. The number of aryl methyl sites for hydroxylation is 1. The Hall–Kier alpha value is -2.70. The second-order valence-electron chi connectivity index (χ2n) is 8.64. The van der Waals surface area contributed by atoms with Gasteiger partial charge in [0.05, 0.1) is 0 Å². The summed E-state index contributed by atoms with van der Waals surface area (Å²) in [4.78, 5) is 40.9. The van der Waals surface area contributed by atoms with Crippen molar-refractivity contribution in [3.05, 3.63) is 40.4 Å². The number of amides is 1. The fourth-order valence-corrected chi connectivity index (χ4v) is 4.54. The molecule has 2 saturated heterocycles. The van der Waals surface area contributed by atoms with Gasteiger partial charge in [-0.1, -0.05) is 13.8 Å². The van der Waals surface area contributed by atoms with Crippen molar-refractivity contribution in [1.29, 1.82) is 0 Å². The Morgan fingerprint density at radius 1 is 1.20 bits per heavy atom. The van der Waals surface area contributed by atoms with Gasteiger partial charge >= 0.3 is 0 Å². The normalized spacial score (nSPS) is 20.4. The van der Waals surface area contributed by atoms with Gasteiger partial charge in [0.25, 0.3) is 5.56 Å². The maximum atomic E-state index is 12.9. The van der Waals surface area contributed by atoms with Crippen LogP contribution in [0.1, 0.15) is 45.2 Å². The summed E-state index contributed by atoms with van der Waals surface area (Å²) in [7, 11) is 0. The van der Waals surface area contributed by atoms with E-state index in [1.165, 1.54) is 12.5 Å². The minimum absolute atomic E-state index is 0.136. The molecule has 30 heavy (non-hydrogen) atoms. The lowest BCUT2D eigenvalue weighted by Gasteiger charge is -2.37. The van der Waals surface area contributed by atoms with Crippen LogP contribution in [0.3, 0.4) is 0 Å². The molecule has 2 aromatic rings. The van der Waals surface area contributed by atoms with Crippen LogP contribution in [0.5, 0.6) is 0 Å². The molecule has 7 heteroatoms. The first-order valence-electron chi connectivity index (χ1n) is 11.1. The number of hydrogen-bond donors (Lipinski definition) is 1. The Labute approximate surface area is 177 Å². The molecular weight excluding hydrogens is 378 g/mol. The van der Waals surface area contributed by atoms with Gasteiger partial charge in [0.2, 0.25) is 5.91 Å². The van der Waals surface area contributed by atoms with Gasteiger partial charge in [-0.15, -0.1) is 0 Å². The molecule has 0 saturated carbocycles. The lowest BCUT2D eigenvalue weighted by Crippen LogP contribution is -2.46. The first-order valence-corrected chi connectivity index (χ1v) is 11.1. The highest BCUT2D eigenvalue weighted by Gasteiger charge is 2.30. The predicted octanol–water partition coefficient (Wildman–Crippen LogP) is 2.87. The van der Waals surface area contributed by atoms with Crippen molar-refractivity contribution in [2.24, 2.45) is 11.8 Å². The van der Waals surface area contributed by atoms with Crippen molar-refractivity contribution in [3.8, 4) is 11.4 Å². The molecule has 0 aromatic carbocycles. The smallest absolute Gasteiger partial charge is 0.251 e. The van der Waals surface area contributed by atoms with Gasteiger partial charge in [0.1, 0.15) is 11.6 Å². The number of aromatic nitrogens is 3. The van der Waals surface area contributed by atoms with Crippen LogP contribution in [0.4, 0.5) is 5.82 Å². The van der Waals surface area contributed by atoms with Crippen LogP contribution >= 0.6 is 0 Å². The van der Waals surface area contributed by atoms with Gasteiger partial charge in [-0.3, -0.25) is 9.59 Å². The van der Waals surface area contributed by atoms with Crippen LogP contribution in [-0.2, 0) is 11.2 Å². The number of carbonyl (C=O) groups excluding carboxylic acids is 1. The summed E-state index contributed by atoms with van der Waals surface area (Å²) in [6.45, 7) is 7.73. The molecule has 2 aromatic heterocycles. The Morgan fingerprint density at radius 2 is 2.00 bits per heavy atom.